The second-order valence-electron chi connectivity index (χ2n) is 9.29. The number of amides is 2. The molecule has 0 heterocycles. The number of ether oxygens (including phenoxy) is 2. The Hall–Kier alpha value is -3.35. The number of hydrazone groups is 1. The second kappa shape index (κ2) is 10.5. The summed E-state index contributed by atoms with van der Waals surface area (Å²) in [5.74, 6) is 1.03. The molecule has 7 heteroatoms. The second-order valence-corrected chi connectivity index (χ2v) is 9.29. The summed E-state index contributed by atoms with van der Waals surface area (Å²) < 4.78 is 11.5. The maximum absolute atomic E-state index is 12.7. The van der Waals surface area contributed by atoms with Gasteiger partial charge in [0.2, 0.25) is 5.91 Å². The lowest BCUT2D eigenvalue weighted by Crippen LogP contribution is -2.27. The van der Waals surface area contributed by atoms with Crippen LogP contribution in [0.4, 0.5) is 5.69 Å². The molecule has 176 valence electrons. The maximum Gasteiger partial charge on any atom is 0.273 e. The first kappa shape index (κ1) is 24.3. The van der Waals surface area contributed by atoms with Gasteiger partial charge in [0.15, 0.2) is 11.5 Å². The Labute approximate surface area is 195 Å². The van der Waals surface area contributed by atoms with E-state index in [9.17, 15) is 9.59 Å². The molecule has 1 fully saturated rings. The van der Waals surface area contributed by atoms with Crippen LogP contribution in [-0.2, 0) is 4.79 Å². The van der Waals surface area contributed by atoms with Gasteiger partial charge in [0, 0.05) is 23.7 Å². The number of rotatable bonds is 7. The highest BCUT2D eigenvalue weighted by atomic mass is 16.5. The molecule has 0 atom stereocenters. The van der Waals surface area contributed by atoms with Gasteiger partial charge >= 0.3 is 0 Å². The van der Waals surface area contributed by atoms with E-state index in [1.807, 2.05) is 39.0 Å². The molecule has 0 unspecified atom stereocenters. The fourth-order valence-corrected chi connectivity index (χ4v) is 3.46. The lowest BCUT2D eigenvalue weighted by atomic mass is 9.95. The average Bonchev–Trinajstić information content (AvgIpc) is 3.30. The first-order valence-electron chi connectivity index (χ1n) is 11.3. The van der Waals surface area contributed by atoms with Crippen molar-refractivity contribution in [2.24, 2.45) is 10.5 Å². The van der Waals surface area contributed by atoms with E-state index >= 15 is 0 Å². The van der Waals surface area contributed by atoms with E-state index in [-0.39, 0.29) is 17.9 Å². The molecular weight excluding hydrogens is 418 g/mol. The van der Waals surface area contributed by atoms with Crippen molar-refractivity contribution in [1.29, 1.82) is 0 Å². The number of hydrogen-bond acceptors (Lipinski definition) is 5. The quantitative estimate of drug-likeness (QED) is 0.469. The van der Waals surface area contributed by atoms with Crippen molar-refractivity contribution >= 4 is 23.7 Å². The van der Waals surface area contributed by atoms with Crippen LogP contribution in [0.15, 0.2) is 47.6 Å². The van der Waals surface area contributed by atoms with Crippen molar-refractivity contribution in [1.82, 2.24) is 5.01 Å². The van der Waals surface area contributed by atoms with Crippen molar-refractivity contribution in [2.45, 2.75) is 52.6 Å². The standard InChI is InChI=1S/C26H33N3O4/c1-26(2,3)25(31)28-20-13-11-19(12-14-20)24(30)29(4)27-17-18-10-15-22(32-5)23(16-18)33-21-8-6-7-9-21/h10-17,21H,6-9H2,1-5H3,(H,28,31). The van der Waals surface area contributed by atoms with Gasteiger partial charge in [-0.15, -0.1) is 0 Å². The molecule has 1 saturated carbocycles. The van der Waals surface area contributed by atoms with E-state index in [1.165, 1.54) is 17.9 Å². The number of benzene rings is 2. The minimum absolute atomic E-state index is 0.0842. The number of anilines is 1. The zero-order valence-corrected chi connectivity index (χ0v) is 20.1. The summed E-state index contributed by atoms with van der Waals surface area (Å²) in [6, 6.07) is 12.4. The summed E-state index contributed by atoms with van der Waals surface area (Å²) in [6.07, 6.45) is 6.31. The van der Waals surface area contributed by atoms with E-state index in [2.05, 4.69) is 10.4 Å². The highest BCUT2D eigenvalue weighted by Gasteiger charge is 2.21. The molecule has 0 bridgehead atoms. The molecule has 0 saturated heterocycles. The molecule has 2 amide bonds. The number of nitrogens with one attached hydrogen (secondary N) is 1. The van der Waals surface area contributed by atoms with Crippen LogP contribution in [0.25, 0.3) is 0 Å². The highest BCUT2D eigenvalue weighted by molar-refractivity contribution is 5.97. The van der Waals surface area contributed by atoms with Crippen LogP contribution in [0.5, 0.6) is 11.5 Å². The molecule has 33 heavy (non-hydrogen) atoms. The molecule has 7 nitrogen and oxygen atoms in total. The van der Waals surface area contributed by atoms with E-state index in [0.29, 0.717) is 22.7 Å². The molecule has 0 aliphatic heterocycles. The fraction of sp³-hybridized carbons (Fsp3) is 0.423. The topological polar surface area (TPSA) is 80.2 Å². The molecule has 2 aromatic rings. The molecule has 1 N–H and O–H groups in total. The van der Waals surface area contributed by atoms with Crippen LogP contribution in [0, 0.1) is 5.41 Å². The summed E-state index contributed by atoms with van der Waals surface area (Å²) in [7, 11) is 3.23. The van der Waals surface area contributed by atoms with Gasteiger partial charge in [-0.05, 0) is 73.7 Å². The Morgan fingerprint density at radius 3 is 2.33 bits per heavy atom. The van der Waals surface area contributed by atoms with Crippen molar-refractivity contribution in [2.75, 3.05) is 19.5 Å². The summed E-state index contributed by atoms with van der Waals surface area (Å²) in [6.45, 7) is 5.54. The van der Waals surface area contributed by atoms with Crippen molar-refractivity contribution in [3.8, 4) is 11.5 Å². The van der Waals surface area contributed by atoms with Crippen molar-refractivity contribution in [3.05, 3.63) is 53.6 Å². The largest absolute Gasteiger partial charge is 0.493 e. The summed E-state index contributed by atoms with van der Waals surface area (Å²) in [5, 5.41) is 8.43. The Bertz CT molecular complexity index is 1000. The predicted octanol–water partition coefficient (Wildman–Crippen LogP) is 5.11. The van der Waals surface area contributed by atoms with Gasteiger partial charge in [0.05, 0.1) is 19.4 Å². The van der Waals surface area contributed by atoms with Crippen LogP contribution in [0.1, 0.15) is 62.4 Å². The monoisotopic (exact) mass is 451 g/mol. The predicted molar refractivity (Wildman–Crippen MR) is 130 cm³/mol. The number of hydrogen-bond donors (Lipinski definition) is 1. The molecule has 0 spiro atoms. The van der Waals surface area contributed by atoms with Gasteiger partial charge in [-0.3, -0.25) is 9.59 Å². The van der Waals surface area contributed by atoms with E-state index in [0.717, 1.165) is 18.4 Å². The summed E-state index contributed by atoms with van der Waals surface area (Å²) >= 11 is 0. The molecule has 1 aliphatic carbocycles. The Balaban J connectivity index is 1.65. The third-order valence-corrected chi connectivity index (χ3v) is 5.53. The average molecular weight is 452 g/mol. The highest BCUT2D eigenvalue weighted by Crippen LogP contribution is 2.32. The van der Waals surface area contributed by atoms with Gasteiger partial charge < -0.3 is 14.8 Å². The van der Waals surface area contributed by atoms with Gasteiger partial charge in [0.25, 0.3) is 5.91 Å². The lowest BCUT2D eigenvalue weighted by Gasteiger charge is -2.18. The SMILES string of the molecule is COc1ccc(C=NN(C)C(=O)c2ccc(NC(=O)C(C)(C)C)cc2)cc1OC1CCCC1. The van der Waals surface area contributed by atoms with Crippen LogP contribution in [0.3, 0.4) is 0 Å². The van der Waals surface area contributed by atoms with Crippen LogP contribution in [-0.4, -0.2) is 43.3 Å². The smallest absolute Gasteiger partial charge is 0.273 e. The fourth-order valence-electron chi connectivity index (χ4n) is 3.46. The third-order valence-electron chi connectivity index (χ3n) is 5.53. The number of carbonyl (C=O) groups is 2. The first-order chi connectivity index (χ1) is 15.7. The first-order valence-corrected chi connectivity index (χ1v) is 11.3. The Kier molecular flexibility index (Phi) is 7.74. The third kappa shape index (κ3) is 6.57. The Morgan fingerprint density at radius 2 is 1.73 bits per heavy atom. The molecule has 2 aromatic carbocycles. The molecule has 0 radical (unpaired) electrons. The van der Waals surface area contributed by atoms with Gasteiger partial charge in [-0.2, -0.15) is 5.10 Å². The molecular formula is C26H33N3O4. The van der Waals surface area contributed by atoms with Gasteiger partial charge in [-0.1, -0.05) is 20.8 Å². The van der Waals surface area contributed by atoms with Crippen molar-refractivity contribution < 1.29 is 19.1 Å². The maximum atomic E-state index is 12.7. The molecule has 0 aromatic heterocycles. The van der Waals surface area contributed by atoms with Gasteiger partial charge in [0.1, 0.15) is 0 Å². The van der Waals surface area contributed by atoms with Crippen LogP contribution < -0.4 is 14.8 Å². The number of nitrogens with zero attached hydrogens (tertiary/aromatic N) is 2. The Morgan fingerprint density at radius 1 is 1.06 bits per heavy atom. The number of methoxy groups -OCH3 is 1. The zero-order valence-electron chi connectivity index (χ0n) is 20.1. The molecule has 3 rings (SSSR count). The zero-order chi connectivity index (χ0) is 24.0. The minimum Gasteiger partial charge on any atom is -0.493 e. The lowest BCUT2D eigenvalue weighted by molar-refractivity contribution is -0.123. The van der Waals surface area contributed by atoms with Gasteiger partial charge in [-0.25, -0.2) is 5.01 Å². The minimum atomic E-state index is -0.493. The number of carbonyl (C=O) groups excluding carboxylic acids is 2. The van der Waals surface area contributed by atoms with E-state index in [1.54, 1.807) is 44.6 Å². The summed E-state index contributed by atoms with van der Waals surface area (Å²) in [5.41, 5.74) is 1.44. The van der Waals surface area contributed by atoms with Crippen molar-refractivity contribution in [3.63, 3.8) is 0 Å². The summed E-state index contributed by atoms with van der Waals surface area (Å²) in [4.78, 5) is 24.9. The van der Waals surface area contributed by atoms with E-state index < -0.39 is 5.41 Å². The normalized spacial score (nSPS) is 14.3. The van der Waals surface area contributed by atoms with Crippen LogP contribution in [0.2, 0.25) is 0 Å². The molecule has 1 aliphatic rings. The van der Waals surface area contributed by atoms with Crippen LogP contribution >= 0.6 is 0 Å². The van der Waals surface area contributed by atoms with E-state index in [4.69, 9.17) is 9.47 Å².